The predicted octanol–water partition coefficient (Wildman–Crippen LogP) is 0.178. The van der Waals surface area contributed by atoms with Crippen LogP contribution in [0.25, 0.3) is 0 Å². The van der Waals surface area contributed by atoms with Gasteiger partial charge in [0.1, 0.15) is 6.42 Å². The van der Waals surface area contributed by atoms with Crippen LogP contribution in [0.1, 0.15) is 12.0 Å². The average Bonchev–Trinajstić information content (AvgIpc) is 2.15. The lowest BCUT2D eigenvalue weighted by atomic mass is 10.2. The molecule has 0 aliphatic heterocycles. The maximum Gasteiger partial charge on any atom is 0.229 e. The maximum absolute atomic E-state index is 11.0. The molecule has 0 atom stereocenters. The molecule has 4 nitrogen and oxygen atoms in total. The van der Waals surface area contributed by atoms with Gasteiger partial charge in [-0.15, -0.1) is 0 Å². The van der Waals surface area contributed by atoms with Crippen molar-refractivity contribution in [1.82, 2.24) is 5.32 Å². The van der Waals surface area contributed by atoms with Gasteiger partial charge >= 0.3 is 0 Å². The zero-order chi connectivity index (χ0) is 10.4. The molecule has 74 valence electrons. The highest BCUT2D eigenvalue weighted by Crippen LogP contribution is 1.97. The SMILES string of the molecule is NC(=O)CC(=O)NCc1ccccc1. The third-order valence-electron chi connectivity index (χ3n) is 1.67. The van der Waals surface area contributed by atoms with E-state index in [1.54, 1.807) is 0 Å². The van der Waals surface area contributed by atoms with Gasteiger partial charge in [0.2, 0.25) is 11.8 Å². The molecule has 0 bridgehead atoms. The molecule has 0 radical (unpaired) electrons. The van der Waals surface area contributed by atoms with Gasteiger partial charge in [0.25, 0.3) is 0 Å². The highest BCUT2D eigenvalue weighted by atomic mass is 16.2. The second-order valence-electron chi connectivity index (χ2n) is 2.91. The van der Waals surface area contributed by atoms with Gasteiger partial charge in [0, 0.05) is 6.54 Å². The molecule has 0 spiro atoms. The third kappa shape index (κ3) is 3.71. The highest BCUT2D eigenvalue weighted by molar-refractivity contribution is 5.95. The van der Waals surface area contributed by atoms with Crippen molar-refractivity contribution in [2.75, 3.05) is 0 Å². The molecule has 4 heteroatoms. The van der Waals surface area contributed by atoms with E-state index in [9.17, 15) is 9.59 Å². The van der Waals surface area contributed by atoms with E-state index in [0.29, 0.717) is 6.54 Å². The molecular formula is C10H12N2O2. The first-order valence-electron chi connectivity index (χ1n) is 4.27. The lowest BCUT2D eigenvalue weighted by molar-refractivity contribution is -0.127. The Morgan fingerprint density at radius 3 is 2.43 bits per heavy atom. The van der Waals surface area contributed by atoms with Crippen LogP contribution in [0, 0.1) is 0 Å². The summed E-state index contributed by atoms with van der Waals surface area (Å²) in [7, 11) is 0. The number of nitrogens with two attached hydrogens (primary N) is 1. The summed E-state index contributed by atoms with van der Waals surface area (Å²) in [5.41, 5.74) is 5.85. The van der Waals surface area contributed by atoms with E-state index >= 15 is 0 Å². The maximum atomic E-state index is 11.0. The summed E-state index contributed by atoms with van der Waals surface area (Å²) in [4.78, 5) is 21.4. The molecule has 1 aromatic carbocycles. The van der Waals surface area contributed by atoms with Crippen LogP contribution in [0.5, 0.6) is 0 Å². The Labute approximate surface area is 82.1 Å². The van der Waals surface area contributed by atoms with Gasteiger partial charge in [0.15, 0.2) is 0 Å². The molecule has 0 unspecified atom stereocenters. The molecule has 14 heavy (non-hydrogen) atoms. The van der Waals surface area contributed by atoms with Crippen molar-refractivity contribution in [1.29, 1.82) is 0 Å². The van der Waals surface area contributed by atoms with Gasteiger partial charge < -0.3 is 11.1 Å². The fraction of sp³-hybridized carbons (Fsp3) is 0.200. The number of carbonyl (C=O) groups is 2. The first kappa shape index (κ1) is 10.2. The van der Waals surface area contributed by atoms with Crippen LogP contribution >= 0.6 is 0 Å². The van der Waals surface area contributed by atoms with E-state index in [-0.39, 0.29) is 12.3 Å². The van der Waals surface area contributed by atoms with Crippen molar-refractivity contribution >= 4 is 11.8 Å². The van der Waals surface area contributed by atoms with Crippen LogP contribution < -0.4 is 11.1 Å². The van der Waals surface area contributed by atoms with Crippen LogP contribution in [0.2, 0.25) is 0 Å². The number of hydrogen-bond donors (Lipinski definition) is 2. The number of hydrogen-bond acceptors (Lipinski definition) is 2. The summed E-state index contributed by atoms with van der Waals surface area (Å²) in [5.74, 6) is -0.961. The molecular weight excluding hydrogens is 180 g/mol. The molecule has 0 saturated heterocycles. The number of rotatable bonds is 4. The van der Waals surface area contributed by atoms with Crippen LogP contribution in [-0.4, -0.2) is 11.8 Å². The van der Waals surface area contributed by atoms with Gasteiger partial charge in [-0.1, -0.05) is 30.3 Å². The predicted molar refractivity (Wildman–Crippen MR) is 52.1 cm³/mol. The molecule has 0 aromatic heterocycles. The fourth-order valence-electron chi connectivity index (χ4n) is 1.02. The quantitative estimate of drug-likeness (QED) is 0.668. The van der Waals surface area contributed by atoms with Crippen LogP contribution in [0.15, 0.2) is 30.3 Å². The molecule has 1 aromatic rings. The summed E-state index contributed by atoms with van der Waals surface area (Å²) in [6.45, 7) is 0.424. The first-order valence-corrected chi connectivity index (χ1v) is 4.27. The van der Waals surface area contributed by atoms with Crippen molar-refractivity contribution in [2.45, 2.75) is 13.0 Å². The summed E-state index contributed by atoms with van der Waals surface area (Å²) in [6, 6.07) is 9.45. The zero-order valence-corrected chi connectivity index (χ0v) is 7.69. The minimum absolute atomic E-state index is 0.257. The molecule has 0 fully saturated rings. The van der Waals surface area contributed by atoms with E-state index in [1.165, 1.54) is 0 Å². The van der Waals surface area contributed by atoms with Crippen molar-refractivity contribution < 1.29 is 9.59 Å². The Kier molecular flexibility index (Phi) is 3.67. The van der Waals surface area contributed by atoms with Crippen LogP contribution in [-0.2, 0) is 16.1 Å². The van der Waals surface area contributed by atoms with Gasteiger partial charge in [-0.25, -0.2) is 0 Å². The van der Waals surface area contributed by atoms with Crippen LogP contribution in [0.3, 0.4) is 0 Å². The van der Waals surface area contributed by atoms with E-state index in [0.717, 1.165) is 5.56 Å². The average molecular weight is 192 g/mol. The summed E-state index contributed by atoms with van der Waals surface area (Å²) in [5, 5.41) is 2.59. The number of amides is 2. The van der Waals surface area contributed by atoms with E-state index in [4.69, 9.17) is 5.73 Å². The third-order valence-corrected chi connectivity index (χ3v) is 1.67. The normalized spacial score (nSPS) is 9.43. The minimum Gasteiger partial charge on any atom is -0.369 e. The Bertz CT molecular complexity index is 322. The van der Waals surface area contributed by atoms with Gasteiger partial charge in [-0.3, -0.25) is 9.59 Å². The number of carbonyl (C=O) groups excluding carboxylic acids is 2. The summed E-state index contributed by atoms with van der Waals surface area (Å²) >= 11 is 0. The van der Waals surface area contributed by atoms with Crippen molar-refractivity contribution in [3.05, 3.63) is 35.9 Å². The lowest BCUT2D eigenvalue weighted by Gasteiger charge is -2.02. The largest absolute Gasteiger partial charge is 0.369 e. The Morgan fingerprint density at radius 1 is 1.21 bits per heavy atom. The Morgan fingerprint density at radius 2 is 1.86 bits per heavy atom. The number of nitrogens with one attached hydrogen (secondary N) is 1. The molecule has 0 aliphatic rings. The smallest absolute Gasteiger partial charge is 0.229 e. The Hall–Kier alpha value is -1.84. The Balaban J connectivity index is 2.34. The molecule has 0 saturated carbocycles. The van der Waals surface area contributed by atoms with Gasteiger partial charge in [0.05, 0.1) is 0 Å². The number of benzene rings is 1. The van der Waals surface area contributed by atoms with Crippen molar-refractivity contribution in [3.63, 3.8) is 0 Å². The summed E-state index contributed by atoms with van der Waals surface area (Å²) in [6.07, 6.45) is -0.257. The van der Waals surface area contributed by atoms with Crippen molar-refractivity contribution in [3.8, 4) is 0 Å². The second kappa shape index (κ2) is 5.01. The topological polar surface area (TPSA) is 72.2 Å². The number of primary amides is 1. The van der Waals surface area contributed by atoms with E-state index in [1.807, 2.05) is 30.3 Å². The molecule has 3 N–H and O–H groups in total. The highest BCUT2D eigenvalue weighted by Gasteiger charge is 2.04. The molecule has 0 aliphatic carbocycles. The van der Waals surface area contributed by atoms with Gasteiger partial charge in [-0.2, -0.15) is 0 Å². The van der Waals surface area contributed by atoms with E-state index in [2.05, 4.69) is 5.32 Å². The molecule has 0 heterocycles. The van der Waals surface area contributed by atoms with E-state index < -0.39 is 5.91 Å². The lowest BCUT2D eigenvalue weighted by Crippen LogP contribution is -2.27. The van der Waals surface area contributed by atoms with Gasteiger partial charge in [-0.05, 0) is 5.56 Å². The van der Waals surface area contributed by atoms with Crippen LogP contribution in [0.4, 0.5) is 0 Å². The minimum atomic E-state index is -0.615. The zero-order valence-electron chi connectivity index (χ0n) is 7.69. The fourth-order valence-corrected chi connectivity index (χ4v) is 1.02. The molecule has 2 amide bonds. The standard InChI is InChI=1S/C10H12N2O2/c11-9(13)6-10(14)12-7-8-4-2-1-3-5-8/h1-5H,6-7H2,(H2,11,13)(H,12,14). The second-order valence-corrected chi connectivity index (χ2v) is 2.91. The monoisotopic (exact) mass is 192 g/mol. The summed E-state index contributed by atoms with van der Waals surface area (Å²) < 4.78 is 0. The molecule has 1 rings (SSSR count). The van der Waals surface area contributed by atoms with Crippen molar-refractivity contribution in [2.24, 2.45) is 5.73 Å². The first-order chi connectivity index (χ1) is 6.68.